The zero-order valence-electron chi connectivity index (χ0n) is 19.6. The van der Waals surface area contributed by atoms with Gasteiger partial charge in [0, 0.05) is 63.0 Å². The number of nitrogens with one attached hydrogen (secondary N) is 1. The van der Waals surface area contributed by atoms with E-state index in [1.807, 2.05) is 11.0 Å². The Morgan fingerprint density at radius 3 is 2.41 bits per heavy atom. The Hall–Kier alpha value is -2.90. The number of nitrogens with zero attached hydrogens (tertiary/aromatic N) is 3. The van der Waals surface area contributed by atoms with Crippen LogP contribution in [0.3, 0.4) is 0 Å². The fourth-order valence-corrected chi connectivity index (χ4v) is 3.99. The van der Waals surface area contributed by atoms with Crippen LogP contribution in [0.5, 0.6) is 0 Å². The molecular weight excluding hydrogens is 404 g/mol. The van der Waals surface area contributed by atoms with Crippen molar-refractivity contribution in [3.63, 3.8) is 0 Å². The molecule has 1 aliphatic heterocycles. The summed E-state index contributed by atoms with van der Waals surface area (Å²) >= 11 is 0. The topological polar surface area (TPSA) is 66.8 Å². The third-order valence-electron chi connectivity index (χ3n) is 5.85. The van der Waals surface area contributed by atoms with Crippen LogP contribution in [0.2, 0.25) is 0 Å². The van der Waals surface area contributed by atoms with Crippen LogP contribution in [0.25, 0.3) is 11.8 Å². The van der Waals surface area contributed by atoms with Gasteiger partial charge in [-0.25, -0.2) is 0 Å². The third kappa shape index (κ3) is 6.08. The number of hydrogen-bond donors (Lipinski definition) is 1. The van der Waals surface area contributed by atoms with Crippen LogP contribution in [-0.2, 0) is 14.3 Å². The van der Waals surface area contributed by atoms with E-state index >= 15 is 0 Å². The molecule has 1 aliphatic rings. The van der Waals surface area contributed by atoms with E-state index in [-0.39, 0.29) is 11.8 Å². The second kappa shape index (κ2) is 11.1. The van der Waals surface area contributed by atoms with Gasteiger partial charge in [-0.2, -0.15) is 0 Å². The molecule has 1 N–H and O–H groups in total. The summed E-state index contributed by atoms with van der Waals surface area (Å²) in [5.74, 6) is -0.00000826. The Kier molecular flexibility index (Phi) is 8.25. The molecule has 7 nitrogen and oxygen atoms in total. The molecule has 2 heterocycles. The fraction of sp³-hybridized carbons (Fsp3) is 0.440. The largest absolute Gasteiger partial charge is 0.383 e. The van der Waals surface area contributed by atoms with Gasteiger partial charge in [0.2, 0.25) is 11.8 Å². The number of benzene rings is 1. The molecule has 0 bridgehead atoms. The van der Waals surface area contributed by atoms with Crippen LogP contribution in [0, 0.1) is 20.8 Å². The maximum Gasteiger partial charge on any atom is 0.246 e. The number of amides is 2. The first-order valence-electron chi connectivity index (χ1n) is 11.1. The molecule has 172 valence electrons. The van der Waals surface area contributed by atoms with Gasteiger partial charge in [0.15, 0.2) is 0 Å². The van der Waals surface area contributed by atoms with Crippen molar-refractivity contribution in [2.24, 2.45) is 0 Å². The predicted molar refractivity (Wildman–Crippen MR) is 127 cm³/mol. The van der Waals surface area contributed by atoms with Gasteiger partial charge in [0.1, 0.15) is 0 Å². The van der Waals surface area contributed by atoms with Gasteiger partial charge in [-0.05, 0) is 50.6 Å². The number of rotatable bonds is 8. The molecule has 1 fully saturated rings. The summed E-state index contributed by atoms with van der Waals surface area (Å²) in [6.07, 6.45) is 3.57. The lowest BCUT2D eigenvalue weighted by molar-refractivity contribution is -0.128. The number of piperazine rings is 1. The van der Waals surface area contributed by atoms with Crippen molar-refractivity contribution in [3.05, 3.63) is 58.9 Å². The molecule has 1 saturated heterocycles. The molecule has 0 unspecified atom stereocenters. The minimum absolute atomic E-state index is 0.00864. The maximum atomic E-state index is 12.7. The number of carbonyl (C=O) groups is 2. The van der Waals surface area contributed by atoms with E-state index in [2.05, 4.69) is 65.9 Å². The Morgan fingerprint density at radius 1 is 1.06 bits per heavy atom. The summed E-state index contributed by atoms with van der Waals surface area (Å²) in [5, 5.41) is 2.83. The normalized spacial score (nSPS) is 14.8. The van der Waals surface area contributed by atoms with Gasteiger partial charge < -0.3 is 19.5 Å². The lowest BCUT2D eigenvalue weighted by Gasteiger charge is -2.33. The lowest BCUT2D eigenvalue weighted by atomic mass is 10.2. The average Bonchev–Trinajstić information content (AvgIpc) is 3.06. The van der Waals surface area contributed by atoms with Crippen LogP contribution in [0.4, 0.5) is 0 Å². The molecule has 2 amide bonds. The number of hydrogen-bond acceptors (Lipinski definition) is 4. The summed E-state index contributed by atoms with van der Waals surface area (Å²) in [6, 6.07) is 10.6. The molecule has 3 rings (SSSR count). The van der Waals surface area contributed by atoms with Crippen LogP contribution in [0.1, 0.15) is 22.5 Å². The number of methoxy groups -OCH3 is 1. The van der Waals surface area contributed by atoms with Crippen LogP contribution in [-0.4, -0.2) is 79.2 Å². The van der Waals surface area contributed by atoms with Crippen molar-refractivity contribution in [2.45, 2.75) is 20.8 Å². The highest BCUT2D eigenvalue weighted by molar-refractivity contribution is 5.92. The molecule has 7 heteroatoms. The summed E-state index contributed by atoms with van der Waals surface area (Å²) in [5.41, 5.74) is 5.64. The Balaban J connectivity index is 1.54. The first-order valence-corrected chi connectivity index (χ1v) is 11.1. The predicted octanol–water partition coefficient (Wildman–Crippen LogP) is 2.32. The monoisotopic (exact) mass is 438 g/mol. The summed E-state index contributed by atoms with van der Waals surface area (Å²) in [7, 11) is 1.61. The summed E-state index contributed by atoms with van der Waals surface area (Å²) in [6.45, 7) is 10.2. The zero-order chi connectivity index (χ0) is 23.1. The van der Waals surface area contributed by atoms with E-state index < -0.39 is 0 Å². The number of carbonyl (C=O) groups excluding carboxylic acids is 2. The zero-order valence-corrected chi connectivity index (χ0v) is 19.6. The molecule has 0 spiro atoms. The van der Waals surface area contributed by atoms with E-state index in [0.717, 1.165) is 22.6 Å². The first-order chi connectivity index (χ1) is 15.4. The minimum Gasteiger partial charge on any atom is -0.383 e. The van der Waals surface area contributed by atoms with E-state index in [0.29, 0.717) is 45.9 Å². The van der Waals surface area contributed by atoms with Crippen molar-refractivity contribution in [1.82, 2.24) is 19.7 Å². The Bertz CT molecular complexity index is 954. The van der Waals surface area contributed by atoms with Gasteiger partial charge >= 0.3 is 0 Å². The fourth-order valence-electron chi connectivity index (χ4n) is 3.99. The maximum absolute atomic E-state index is 12.7. The highest BCUT2D eigenvalue weighted by Gasteiger charge is 2.21. The molecule has 1 aromatic heterocycles. The molecule has 0 saturated carbocycles. The van der Waals surface area contributed by atoms with E-state index in [4.69, 9.17) is 4.74 Å². The van der Waals surface area contributed by atoms with Crippen LogP contribution < -0.4 is 5.32 Å². The van der Waals surface area contributed by atoms with Crippen molar-refractivity contribution in [2.75, 3.05) is 53.0 Å². The molecule has 0 aliphatic carbocycles. The molecule has 32 heavy (non-hydrogen) atoms. The molecule has 0 radical (unpaired) electrons. The summed E-state index contributed by atoms with van der Waals surface area (Å²) in [4.78, 5) is 28.6. The van der Waals surface area contributed by atoms with Gasteiger partial charge in [-0.15, -0.1) is 0 Å². The van der Waals surface area contributed by atoms with Gasteiger partial charge in [-0.3, -0.25) is 14.5 Å². The van der Waals surface area contributed by atoms with Crippen LogP contribution in [0.15, 0.2) is 36.4 Å². The quantitative estimate of drug-likeness (QED) is 0.507. The van der Waals surface area contributed by atoms with E-state index in [9.17, 15) is 9.59 Å². The van der Waals surface area contributed by atoms with Gasteiger partial charge in [0.05, 0.1) is 13.2 Å². The molecule has 2 aromatic rings. The molecular formula is C25H34N4O3. The van der Waals surface area contributed by atoms with E-state index in [1.54, 1.807) is 13.2 Å². The van der Waals surface area contributed by atoms with Gasteiger partial charge in [0.25, 0.3) is 0 Å². The minimum atomic E-state index is -0.00865. The lowest BCUT2D eigenvalue weighted by Crippen LogP contribution is -2.51. The van der Waals surface area contributed by atoms with Crippen LogP contribution >= 0.6 is 0 Å². The first kappa shape index (κ1) is 23.8. The smallest absolute Gasteiger partial charge is 0.246 e. The van der Waals surface area contributed by atoms with Gasteiger partial charge in [-0.1, -0.05) is 17.7 Å². The standard InChI is InChI=1S/C25H34N4O3/c1-19-5-8-23(9-6-19)29-20(2)17-22(21(29)3)7-10-25(31)28-14-12-27(13-15-28)18-24(30)26-11-16-32-4/h5-10,17H,11-16,18H2,1-4H3,(H,26,30). The number of ether oxygens (including phenoxy) is 1. The molecule has 1 aromatic carbocycles. The van der Waals surface area contributed by atoms with E-state index in [1.165, 1.54) is 5.56 Å². The van der Waals surface area contributed by atoms with Crippen molar-refractivity contribution < 1.29 is 14.3 Å². The SMILES string of the molecule is COCCNC(=O)CN1CCN(C(=O)C=Cc2cc(C)n(-c3ccc(C)cc3)c2C)CC1. The molecule has 0 atom stereocenters. The number of aryl methyl sites for hydroxylation is 2. The number of aromatic nitrogens is 1. The second-order valence-corrected chi connectivity index (χ2v) is 8.27. The Morgan fingerprint density at radius 2 is 1.75 bits per heavy atom. The average molecular weight is 439 g/mol. The van der Waals surface area contributed by atoms with Crippen molar-refractivity contribution in [1.29, 1.82) is 0 Å². The Labute approximate surface area is 190 Å². The van der Waals surface area contributed by atoms with Crippen molar-refractivity contribution in [3.8, 4) is 5.69 Å². The second-order valence-electron chi connectivity index (χ2n) is 8.27. The van der Waals surface area contributed by atoms with Crippen molar-refractivity contribution >= 4 is 17.9 Å². The summed E-state index contributed by atoms with van der Waals surface area (Å²) < 4.78 is 7.15. The third-order valence-corrected chi connectivity index (χ3v) is 5.85. The highest BCUT2D eigenvalue weighted by Crippen LogP contribution is 2.22. The highest BCUT2D eigenvalue weighted by atomic mass is 16.5.